The molecule has 0 saturated heterocycles. The number of nitrogens with zero attached hydrogens (tertiary/aromatic N) is 2. The first-order valence-corrected chi connectivity index (χ1v) is 7.34. The van der Waals surface area contributed by atoms with Crippen LogP contribution in [0.3, 0.4) is 0 Å². The Labute approximate surface area is 130 Å². The van der Waals surface area contributed by atoms with Gasteiger partial charge < -0.3 is 4.42 Å². The molecule has 0 aliphatic rings. The molecule has 22 heavy (non-hydrogen) atoms. The second kappa shape index (κ2) is 4.18. The summed E-state index contributed by atoms with van der Waals surface area (Å²) in [7, 11) is 0. The van der Waals surface area contributed by atoms with E-state index in [0.717, 1.165) is 32.6 Å². The fraction of sp³-hybridized carbons (Fsp3) is 0. The van der Waals surface area contributed by atoms with Gasteiger partial charge in [0.25, 0.3) is 0 Å². The molecule has 5 rings (SSSR count). The Morgan fingerprint density at radius 3 is 2.14 bits per heavy atom. The van der Waals surface area contributed by atoms with Crippen molar-refractivity contribution in [1.82, 2.24) is 9.97 Å². The van der Waals surface area contributed by atoms with Crippen LogP contribution in [0.4, 0.5) is 0 Å². The van der Waals surface area contributed by atoms with E-state index in [4.69, 9.17) is 16.0 Å². The summed E-state index contributed by atoms with van der Waals surface area (Å²) in [5, 5.41) is 5.86. The number of benzene rings is 3. The number of aromatic nitrogens is 2. The van der Waals surface area contributed by atoms with Crippen LogP contribution in [0.25, 0.3) is 43.6 Å². The maximum absolute atomic E-state index is 6.19. The Balaban J connectivity index is 2.24. The van der Waals surface area contributed by atoms with Crippen LogP contribution in [0.2, 0.25) is 5.15 Å². The van der Waals surface area contributed by atoms with Gasteiger partial charge >= 0.3 is 0 Å². The molecule has 0 unspecified atom stereocenters. The molecular weight excluding hydrogens is 296 g/mol. The van der Waals surface area contributed by atoms with Crippen LogP contribution in [0.5, 0.6) is 0 Å². The van der Waals surface area contributed by atoms with Gasteiger partial charge in [0.05, 0.1) is 5.39 Å². The van der Waals surface area contributed by atoms with Crippen molar-refractivity contribution >= 4 is 55.2 Å². The fourth-order valence-electron chi connectivity index (χ4n) is 3.17. The molecule has 0 aliphatic heterocycles. The van der Waals surface area contributed by atoms with Gasteiger partial charge in [-0.05, 0) is 16.2 Å². The molecule has 0 amide bonds. The molecule has 5 aromatic rings. The minimum Gasteiger partial charge on any atom is -0.450 e. The quantitative estimate of drug-likeness (QED) is 0.286. The lowest BCUT2D eigenvalue weighted by atomic mass is 9.98. The van der Waals surface area contributed by atoms with E-state index in [0.29, 0.717) is 10.7 Å². The molecular formula is C18H9ClN2O. The first-order valence-electron chi connectivity index (χ1n) is 6.97. The summed E-state index contributed by atoms with van der Waals surface area (Å²) in [6, 6.07) is 16.5. The molecule has 3 aromatic carbocycles. The first kappa shape index (κ1) is 12.0. The van der Waals surface area contributed by atoms with Crippen molar-refractivity contribution in [2.24, 2.45) is 0 Å². The zero-order chi connectivity index (χ0) is 14.7. The third kappa shape index (κ3) is 1.41. The normalized spacial score (nSPS) is 11.9. The van der Waals surface area contributed by atoms with Gasteiger partial charge in [-0.3, -0.25) is 0 Å². The van der Waals surface area contributed by atoms with E-state index in [1.165, 1.54) is 11.7 Å². The van der Waals surface area contributed by atoms with Gasteiger partial charge in [0.15, 0.2) is 10.7 Å². The van der Waals surface area contributed by atoms with Gasteiger partial charge in [-0.1, -0.05) is 60.1 Å². The Morgan fingerprint density at radius 2 is 1.36 bits per heavy atom. The van der Waals surface area contributed by atoms with Crippen LogP contribution in [0.15, 0.2) is 59.3 Å². The first-order chi connectivity index (χ1) is 10.8. The van der Waals surface area contributed by atoms with Gasteiger partial charge in [0.1, 0.15) is 17.4 Å². The van der Waals surface area contributed by atoms with E-state index in [9.17, 15) is 0 Å². The average Bonchev–Trinajstić information content (AvgIpc) is 2.97. The molecule has 3 nitrogen and oxygen atoms in total. The molecule has 2 heterocycles. The second-order valence-corrected chi connectivity index (χ2v) is 5.60. The van der Waals surface area contributed by atoms with Gasteiger partial charge in [0, 0.05) is 5.39 Å². The van der Waals surface area contributed by atoms with Gasteiger partial charge in [-0.25, -0.2) is 9.97 Å². The summed E-state index contributed by atoms with van der Waals surface area (Å²) >= 11 is 6.19. The van der Waals surface area contributed by atoms with Gasteiger partial charge in [0.2, 0.25) is 0 Å². The number of rotatable bonds is 0. The van der Waals surface area contributed by atoms with Crippen molar-refractivity contribution in [2.75, 3.05) is 0 Å². The maximum atomic E-state index is 6.19. The highest BCUT2D eigenvalue weighted by molar-refractivity contribution is 6.36. The predicted molar refractivity (Wildman–Crippen MR) is 89.3 cm³/mol. The van der Waals surface area contributed by atoms with Gasteiger partial charge in [-0.2, -0.15) is 0 Å². The summed E-state index contributed by atoms with van der Waals surface area (Å²) in [5.41, 5.74) is 2.12. The summed E-state index contributed by atoms with van der Waals surface area (Å²) in [6.07, 6.45) is 1.48. The summed E-state index contributed by atoms with van der Waals surface area (Å²) in [4.78, 5) is 8.42. The number of halogens is 1. The average molecular weight is 305 g/mol. The molecule has 0 fully saturated rings. The molecule has 2 aromatic heterocycles. The van der Waals surface area contributed by atoms with E-state index in [-0.39, 0.29) is 0 Å². The highest BCUT2D eigenvalue weighted by Crippen LogP contribution is 2.40. The van der Waals surface area contributed by atoms with Crippen molar-refractivity contribution in [1.29, 1.82) is 0 Å². The number of fused-ring (bicyclic) bond motifs is 8. The van der Waals surface area contributed by atoms with Crippen molar-refractivity contribution in [3.05, 3.63) is 60.0 Å². The standard InChI is InChI=1S/C18H9ClN2O/c19-18-17-15(20-9-21-18)14-12-7-3-1-5-10(12)11-6-2-4-8-13(11)16(14)22-17/h1-9H. The van der Waals surface area contributed by atoms with Crippen molar-refractivity contribution in [3.63, 3.8) is 0 Å². The molecule has 0 N–H and O–H groups in total. The third-order valence-electron chi connectivity index (χ3n) is 4.09. The molecule has 0 bridgehead atoms. The number of hydrogen-bond donors (Lipinski definition) is 0. The topological polar surface area (TPSA) is 38.9 Å². The lowest BCUT2D eigenvalue weighted by Gasteiger charge is -2.05. The Kier molecular flexibility index (Phi) is 2.27. The second-order valence-electron chi connectivity index (χ2n) is 5.24. The predicted octanol–water partition coefficient (Wildman–Crippen LogP) is 5.34. The molecule has 0 radical (unpaired) electrons. The molecule has 4 heteroatoms. The minimum atomic E-state index is 0.342. The van der Waals surface area contributed by atoms with E-state index in [1.807, 2.05) is 24.3 Å². The van der Waals surface area contributed by atoms with E-state index >= 15 is 0 Å². The molecule has 0 saturated carbocycles. The lowest BCUT2D eigenvalue weighted by molar-refractivity contribution is 0.669. The Morgan fingerprint density at radius 1 is 0.727 bits per heavy atom. The highest BCUT2D eigenvalue weighted by Gasteiger charge is 2.17. The minimum absolute atomic E-state index is 0.342. The summed E-state index contributed by atoms with van der Waals surface area (Å²) < 4.78 is 6.05. The third-order valence-corrected chi connectivity index (χ3v) is 4.36. The zero-order valence-corrected chi connectivity index (χ0v) is 12.1. The number of hydrogen-bond acceptors (Lipinski definition) is 3. The summed E-state index contributed by atoms with van der Waals surface area (Å²) in [6.45, 7) is 0. The smallest absolute Gasteiger partial charge is 0.191 e. The Hall–Kier alpha value is -2.65. The fourth-order valence-corrected chi connectivity index (χ4v) is 3.34. The monoisotopic (exact) mass is 304 g/mol. The highest BCUT2D eigenvalue weighted by atomic mass is 35.5. The van der Waals surface area contributed by atoms with Crippen LogP contribution in [0, 0.1) is 0 Å². The summed E-state index contributed by atoms with van der Waals surface area (Å²) in [5.74, 6) is 0. The molecule has 0 spiro atoms. The largest absolute Gasteiger partial charge is 0.450 e. The maximum Gasteiger partial charge on any atom is 0.191 e. The van der Waals surface area contributed by atoms with E-state index in [1.54, 1.807) is 0 Å². The van der Waals surface area contributed by atoms with Crippen molar-refractivity contribution in [3.8, 4) is 0 Å². The van der Waals surface area contributed by atoms with Crippen LogP contribution in [0.1, 0.15) is 0 Å². The van der Waals surface area contributed by atoms with Crippen LogP contribution in [-0.4, -0.2) is 9.97 Å². The van der Waals surface area contributed by atoms with Crippen LogP contribution >= 0.6 is 11.6 Å². The zero-order valence-electron chi connectivity index (χ0n) is 11.4. The van der Waals surface area contributed by atoms with Crippen LogP contribution < -0.4 is 0 Å². The SMILES string of the molecule is Clc1ncnc2c1oc1c3ccccc3c3ccccc3c21. The molecule has 104 valence electrons. The molecule has 0 atom stereocenters. The van der Waals surface area contributed by atoms with E-state index < -0.39 is 0 Å². The van der Waals surface area contributed by atoms with E-state index in [2.05, 4.69) is 34.2 Å². The van der Waals surface area contributed by atoms with Crippen molar-refractivity contribution < 1.29 is 4.42 Å². The molecule has 0 aliphatic carbocycles. The number of furan rings is 1. The van der Waals surface area contributed by atoms with Crippen LogP contribution in [-0.2, 0) is 0 Å². The Bertz CT molecular complexity index is 1190. The van der Waals surface area contributed by atoms with Gasteiger partial charge in [-0.15, -0.1) is 0 Å². The lowest BCUT2D eigenvalue weighted by Crippen LogP contribution is -1.82. The van der Waals surface area contributed by atoms with Crippen molar-refractivity contribution in [2.45, 2.75) is 0 Å².